The Morgan fingerprint density at radius 2 is 1.92 bits per heavy atom. The summed E-state index contributed by atoms with van der Waals surface area (Å²) in [6.07, 6.45) is 3.84. The Labute approximate surface area is 176 Å². The summed E-state index contributed by atoms with van der Waals surface area (Å²) in [6.45, 7) is 4.25. The molecule has 0 saturated heterocycles. The van der Waals surface area contributed by atoms with Gasteiger partial charge in [-0.3, -0.25) is 4.99 Å². The number of hydrogen-bond donors (Lipinski definition) is 2. The van der Waals surface area contributed by atoms with Crippen LogP contribution in [0.1, 0.15) is 23.2 Å². The molecule has 1 aromatic carbocycles. The van der Waals surface area contributed by atoms with Crippen molar-refractivity contribution in [3.05, 3.63) is 40.3 Å². The quantitative estimate of drug-likeness (QED) is 0.244. The number of halogens is 1. The van der Waals surface area contributed by atoms with Crippen LogP contribution in [0.15, 0.2) is 35.5 Å². The molecule has 2 rings (SSSR count). The van der Waals surface area contributed by atoms with Crippen molar-refractivity contribution < 1.29 is 9.47 Å². The van der Waals surface area contributed by atoms with Gasteiger partial charge in [0, 0.05) is 24.7 Å². The highest BCUT2D eigenvalue weighted by atomic mass is 127. The van der Waals surface area contributed by atoms with E-state index in [0.717, 1.165) is 41.9 Å². The molecule has 2 aromatic rings. The number of hydrogen-bond acceptors (Lipinski definition) is 5. The van der Waals surface area contributed by atoms with Crippen LogP contribution < -0.4 is 20.1 Å². The van der Waals surface area contributed by atoms with Crippen LogP contribution in [-0.4, -0.2) is 38.3 Å². The molecule has 0 atom stereocenters. The summed E-state index contributed by atoms with van der Waals surface area (Å²) in [7, 11) is 3.42. The number of guanidine groups is 1. The molecule has 2 N–H and O–H groups in total. The summed E-state index contributed by atoms with van der Waals surface area (Å²) in [6, 6.07) is 7.60. The molecule has 0 spiro atoms. The largest absolute Gasteiger partial charge is 0.497 e. The predicted molar refractivity (Wildman–Crippen MR) is 118 cm³/mol. The van der Waals surface area contributed by atoms with E-state index in [0.29, 0.717) is 13.2 Å². The van der Waals surface area contributed by atoms with Gasteiger partial charge < -0.3 is 20.1 Å². The molecule has 0 aliphatic rings. The molecule has 0 aliphatic carbocycles. The minimum absolute atomic E-state index is 0. The zero-order chi connectivity index (χ0) is 17.9. The van der Waals surface area contributed by atoms with Gasteiger partial charge in [-0.15, -0.1) is 35.3 Å². The van der Waals surface area contributed by atoms with Gasteiger partial charge in [0.25, 0.3) is 0 Å². The third kappa shape index (κ3) is 7.77. The van der Waals surface area contributed by atoms with Gasteiger partial charge in [0.05, 0.1) is 20.3 Å². The first-order chi connectivity index (χ1) is 12.2. The van der Waals surface area contributed by atoms with Gasteiger partial charge in [0.15, 0.2) is 5.96 Å². The number of aliphatic imine (C=N–C) groups is 1. The van der Waals surface area contributed by atoms with Crippen LogP contribution in [-0.2, 0) is 13.0 Å². The summed E-state index contributed by atoms with van der Waals surface area (Å²) in [5.74, 6) is 2.45. The zero-order valence-electron chi connectivity index (χ0n) is 15.4. The molecule has 0 fully saturated rings. The fourth-order valence-corrected chi connectivity index (χ4v) is 2.92. The molecule has 0 bridgehead atoms. The van der Waals surface area contributed by atoms with Gasteiger partial charge in [-0.2, -0.15) is 0 Å². The fraction of sp³-hybridized carbons (Fsp3) is 0.444. The first kappa shape index (κ1) is 22.5. The van der Waals surface area contributed by atoms with E-state index in [1.54, 1.807) is 25.5 Å². The van der Waals surface area contributed by atoms with Crippen LogP contribution in [0.4, 0.5) is 0 Å². The molecule has 0 saturated carbocycles. The Hall–Kier alpha value is -1.55. The lowest BCUT2D eigenvalue weighted by Gasteiger charge is -2.11. The molecule has 144 valence electrons. The molecule has 0 aliphatic heterocycles. The summed E-state index contributed by atoms with van der Waals surface area (Å²) in [4.78, 5) is 9.92. The summed E-state index contributed by atoms with van der Waals surface area (Å²) in [5, 5.41) is 7.63. The lowest BCUT2D eigenvalue weighted by molar-refractivity contribution is 0.310. The highest BCUT2D eigenvalue weighted by Crippen LogP contribution is 2.17. The van der Waals surface area contributed by atoms with E-state index >= 15 is 0 Å². The number of rotatable bonds is 9. The van der Waals surface area contributed by atoms with Crippen LogP contribution in [0.5, 0.6) is 11.5 Å². The Morgan fingerprint density at radius 1 is 1.19 bits per heavy atom. The molecular formula is C18H27IN4O2S. The number of thiazole rings is 1. The third-order valence-electron chi connectivity index (χ3n) is 3.52. The number of nitrogens with zero attached hydrogens (tertiary/aromatic N) is 2. The lowest BCUT2D eigenvalue weighted by atomic mass is 10.3. The van der Waals surface area contributed by atoms with E-state index in [-0.39, 0.29) is 24.0 Å². The highest BCUT2D eigenvalue weighted by Gasteiger charge is 2.02. The Bertz CT molecular complexity index is 661. The molecule has 0 radical (unpaired) electrons. The average molecular weight is 490 g/mol. The standard InChI is InChI=1S/C18H26N4O2S.HI/c1-4-16-12-21-17(25-16)13-22-18(19-2)20-10-5-11-24-15-8-6-14(23-3)7-9-15;/h6-9,12H,4-5,10-11,13H2,1-3H3,(H2,19,20,22);1H. The average Bonchev–Trinajstić information content (AvgIpc) is 3.12. The number of aryl methyl sites for hydroxylation is 1. The second kappa shape index (κ2) is 12.7. The molecule has 26 heavy (non-hydrogen) atoms. The third-order valence-corrected chi connectivity index (χ3v) is 4.66. The molecule has 1 heterocycles. The van der Waals surface area contributed by atoms with Crippen molar-refractivity contribution in [1.29, 1.82) is 0 Å². The number of aromatic nitrogens is 1. The molecule has 0 unspecified atom stereocenters. The van der Waals surface area contributed by atoms with Gasteiger partial charge in [0.2, 0.25) is 0 Å². The Balaban J connectivity index is 0.00000338. The van der Waals surface area contributed by atoms with Crippen molar-refractivity contribution in [2.75, 3.05) is 27.3 Å². The van der Waals surface area contributed by atoms with Gasteiger partial charge in [0.1, 0.15) is 16.5 Å². The second-order valence-electron chi connectivity index (χ2n) is 5.30. The number of nitrogens with one attached hydrogen (secondary N) is 2. The van der Waals surface area contributed by atoms with E-state index in [1.165, 1.54) is 4.88 Å². The van der Waals surface area contributed by atoms with Crippen molar-refractivity contribution >= 4 is 41.3 Å². The first-order valence-corrected chi connectivity index (χ1v) is 9.21. The van der Waals surface area contributed by atoms with Crippen molar-refractivity contribution in [1.82, 2.24) is 15.6 Å². The van der Waals surface area contributed by atoms with Crippen LogP contribution in [0.25, 0.3) is 0 Å². The van der Waals surface area contributed by atoms with E-state index in [1.807, 2.05) is 30.5 Å². The smallest absolute Gasteiger partial charge is 0.191 e. The van der Waals surface area contributed by atoms with E-state index < -0.39 is 0 Å². The maximum Gasteiger partial charge on any atom is 0.191 e. The molecular weight excluding hydrogens is 463 g/mol. The molecule has 6 nitrogen and oxygen atoms in total. The Morgan fingerprint density at radius 3 is 2.54 bits per heavy atom. The van der Waals surface area contributed by atoms with Gasteiger partial charge >= 0.3 is 0 Å². The van der Waals surface area contributed by atoms with Gasteiger partial charge in [-0.1, -0.05) is 6.92 Å². The van der Waals surface area contributed by atoms with Crippen molar-refractivity contribution in [3.63, 3.8) is 0 Å². The first-order valence-electron chi connectivity index (χ1n) is 8.40. The van der Waals surface area contributed by atoms with Crippen molar-refractivity contribution in [3.8, 4) is 11.5 Å². The van der Waals surface area contributed by atoms with Gasteiger partial charge in [-0.25, -0.2) is 4.98 Å². The minimum Gasteiger partial charge on any atom is -0.497 e. The summed E-state index contributed by atoms with van der Waals surface area (Å²) >= 11 is 1.73. The van der Waals surface area contributed by atoms with Crippen molar-refractivity contribution in [2.45, 2.75) is 26.3 Å². The number of ether oxygens (including phenoxy) is 2. The molecule has 0 amide bonds. The van der Waals surface area contributed by atoms with Crippen molar-refractivity contribution in [2.24, 2.45) is 4.99 Å². The lowest BCUT2D eigenvalue weighted by Crippen LogP contribution is -2.37. The van der Waals surface area contributed by atoms with E-state index in [2.05, 4.69) is 27.5 Å². The molecule has 1 aromatic heterocycles. The van der Waals surface area contributed by atoms with Crippen LogP contribution in [0, 0.1) is 0 Å². The maximum absolute atomic E-state index is 5.70. The monoisotopic (exact) mass is 490 g/mol. The number of benzene rings is 1. The minimum atomic E-state index is 0. The summed E-state index contributed by atoms with van der Waals surface area (Å²) < 4.78 is 10.8. The molecule has 8 heteroatoms. The maximum atomic E-state index is 5.70. The van der Waals surface area contributed by atoms with Crippen LogP contribution in [0.2, 0.25) is 0 Å². The van der Waals surface area contributed by atoms with Gasteiger partial charge in [-0.05, 0) is 37.1 Å². The Kier molecular flexibility index (Phi) is 11.0. The highest BCUT2D eigenvalue weighted by molar-refractivity contribution is 14.0. The van der Waals surface area contributed by atoms with E-state index in [9.17, 15) is 0 Å². The second-order valence-corrected chi connectivity index (χ2v) is 6.50. The summed E-state index contributed by atoms with van der Waals surface area (Å²) in [5.41, 5.74) is 0. The number of methoxy groups -OCH3 is 1. The fourth-order valence-electron chi connectivity index (χ4n) is 2.11. The normalized spacial score (nSPS) is 10.8. The van der Waals surface area contributed by atoms with Crippen LogP contribution >= 0.6 is 35.3 Å². The predicted octanol–water partition coefficient (Wildman–Crippen LogP) is 3.47. The van der Waals surface area contributed by atoms with Crippen LogP contribution in [0.3, 0.4) is 0 Å². The SMILES string of the molecule is CCc1cnc(CNC(=NC)NCCCOc2ccc(OC)cc2)s1.I. The zero-order valence-corrected chi connectivity index (χ0v) is 18.6. The topological polar surface area (TPSA) is 67.8 Å². The van der Waals surface area contributed by atoms with E-state index in [4.69, 9.17) is 9.47 Å².